The number of nitrogens with one attached hydrogen (secondary N) is 2. The Morgan fingerprint density at radius 2 is 0.640 bits per heavy atom. The lowest BCUT2D eigenvalue weighted by molar-refractivity contribution is -0.145. The molecule has 66 nitrogen and oxygen atoms in total. The van der Waals surface area contributed by atoms with Crippen LogP contribution in [0.2, 0.25) is 37.9 Å². The monoisotopic (exact) mass is 2260 g/mol. The highest BCUT2D eigenvalue weighted by Gasteiger charge is 2.60. The van der Waals surface area contributed by atoms with Crippen molar-refractivity contribution in [2.75, 3.05) is 133 Å². The van der Waals surface area contributed by atoms with Crippen LogP contribution in [-0.4, -0.2) is 478 Å². The van der Waals surface area contributed by atoms with Gasteiger partial charge in [0.25, 0.3) is 61.3 Å². The van der Waals surface area contributed by atoms with Gasteiger partial charge < -0.3 is 160 Å². The van der Waals surface area contributed by atoms with Crippen molar-refractivity contribution in [3.05, 3.63) is 34.3 Å². The van der Waals surface area contributed by atoms with E-state index in [4.69, 9.17) is 165 Å². The third-order valence-electron chi connectivity index (χ3n) is 26.4. The fourth-order valence-corrected chi connectivity index (χ4v) is 25.8. The molecule has 0 bridgehead atoms. The highest BCUT2D eigenvalue weighted by molar-refractivity contribution is 7.88. The Labute approximate surface area is 873 Å². The normalized spacial score (nSPS) is 26.1. The predicted molar refractivity (Wildman–Crippen MR) is 537 cm³/mol. The Morgan fingerprint density at radius 3 is 0.867 bits per heavy atom. The summed E-state index contributed by atoms with van der Waals surface area (Å²) < 4.78 is 164. The van der Waals surface area contributed by atoms with Gasteiger partial charge in [0.1, 0.15) is 51.4 Å². The van der Waals surface area contributed by atoms with Gasteiger partial charge in [0.05, 0.1) is 43.4 Å². The zero-order chi connectivity index (χ0) is 116. The van der Waals surface area contributed by atoms with Crippen LogP contribution >= 0.6 is 0 Å². The largest absolute Gasteiger partial charge is 0.480 e. The number of likely N-dealkylation sites (N-methyl/N-ethyl adjacent to an activating group) is 4. The molecule has 852 valence electrons. The van der Waals surface area contributed by atoms with E-state index in [0.717, 1.165) is 43.1 Å². The maximum atomic E-state index is 12.8. The topological polar surface area (TPSA) is 1120 Å². The summed E-state index contributed by atoms with van der Waals surface area (Å²) in [5.41, 5.74) is 57.7. The van der Waals surface area contributed by atoms with E-state index in [1.807, 2.05) is 0 Å². The smallest absolute Gasteiger partial charge is 0.451 e. The molecule has 8 unspecified atom stereocenters. The summed E-state index contributed by atoms with van der Waals surface area (Å²) in [6.07, 6.45) is -0.108. The molecule has 44 N–H and O–H groups in total. The first-order valence-electron chi connectivity index (χ1n) is 46.2. The molecular formula is C72H144B6N30O36S6. The van der Waals surface area contributed by atoms with E-state index in [9.17, 15) is 110 Å². The molecule has 78 heteroatoms. The standard InChI is InChI=1S/2C13H26BN5O6S.2C12H24BN5O6S.2C11H22BN5O6S/c1-9(15)11(17-2)18(3)26(24,25)19-7-10(5-4-6-14(22)23)13(16,8-19)12(20)21;1-9(11(16)6-15)18(2)26(24,25)19-7-10(4-3-5-14(22)23)13(17,8-19)12(20)21;1-16-10(6-14)17(2)25(23,24)18-7-9(4-3-5-13(21)22)12(15,8-18)11(19)20;1-17(7-10(15)5-14)25(23,24)18-6-9(3-2-4-13(21)22)12(16,8-18)11(19)20;1-15-9(5-13)16-24(22,23)17-6-8(3-2-4-12(20)21)11(14,7-17)10(18)19;13-4-9(14)5-16-24(22,23)17-6-8(2-1-3-12(20)21)11(15,7-17)10(18)19/h9-11,22-23H,4-8,15-16H2,1,3H3,(H,20,21);9-11,22-23H,3-5,7-8,16-17H2,1-2H3,(H,20,21);9-10,21-22H,3-8,14-15H2,2H3,(H,19,20);9-10,21-22H,2-4,6-8,15-16H2,1H3,(H,19,20);8-9,16,20-21H,2-7,13-14H2,(H,18,19);8-9,16,20-21H,1-3,5-7,14-15H2,(H,18,19)/t2*9?,10-,11?,13-;2*9-,10?,12-;2*8-,9?,11-/m000000/s1. The van der Waals surface area contributed by atoms with Gasteiger partial charge in [0, 0.05) is 155 Å². The van der Waals surface area contributed by atoms with Gasteiger partial charge >= 0.3 is 97.0 Å². The summed E-state index contributed by atoms with van der Waals surface area (Å²) in [6, 6.07) is 0.558. The maximum absolute atomic E-state index is 12.8. The molecule has 6 aliphatic heterocycles. The lowest BCUT2D eigenvalue weighted by Gasteiger charge is -2.30. The average molecular weight is 2260 g/mol. The number of nitrogens with zero attached hydrogens (tertiary/aromatic N) is 16. The molecule has 20 atom stereocenters. The number of carbonyl (C=O) groups is 6. The van der Waals surface area contributed by atoms with Crippen molar-refractivity contribution in [3.63, 3.8) is 0 Å². The van der Waals surface area contributed by atoms with Crippen LogP contribution in [0.3, 0.4) is 0 Å². The summed E-state index contributed by atoms with van der Waals surface area (Å²) in [4.78, 5) is 78.8. The fraction of sp³-hybridized carbons (Fsp3) is 0.833. The van der Waals surface area contributed by atoms with Gasteiger partial charge in [0.15, 0.2) is 0 Å². The number of aliphatic carboxylic acids is 6. The molecule has 6 heterocycles. The van der Waals surface area contributed by atoms with Crippen molar-refractivity contribution in [1.82, 2.24) is 52.5 Å². The zero-order valence-corrected chi connectivity index (χ0v) is 88.4. The second-order valence-corrected chi connectivity index (χ2v) is 48.8. The van der Waals surface area contributed by atoms with E-state index in [1.54, 1.807) is 18.2 Å². The zero-order valence-electron chi connectivity index (χ0n) is 83.5. The SMILES string of the molecule is CC(C(N)C#N)N(C)S(=O)(=O)N1C[C@H](CCCB(O)O)[C@](N)(C(=O)O)C1.CN(CC(N)C#N)S(=O)(=O)N1C[C@H](CCCB(O)O)[C@](N)(C(=O)O)C1.N#CC(N)CNS(=O)(=O)N1C[C@H](CCCB(O)O)[C@](N)(C(=O)O)C1.[C-]#[N+]C(C(C)N)N(C)S(=O)(=O)N1C[C@H](CCCB(O)O)[C@](N)(C(=O)O)C1.[C-]#[N+]C(CN)N(C)S(=O)(=O)N1C[C@H](CCCB(O)O)[C@](N)(C(=O)O)C1.[C-]#[N+]C(CN)NS(=O)(=O)N1C[C@H](CCCB(O)O)[C@](N)(C(=O)O)C1. The van der Waals surface area contributed by atoms with E-state index >= 15 is 0 Å². The van der Waals surface area contributed by atoms with Crippen molar-refractivity contribution < 1.29 is 170 Å². The molecule has 6 aliphatic rings. The second-order valence-electron chi connectivity index (χ2n) is 37.3. The van der Waals surface area contributed by atoms with Crippen molar-refractivity contribution in [1.29, 1.82) is 15.8 Å². The highest BCUT2D eigenvalue weighted by Crippen LogP contribution is 2.40. The van der Waals surface area contributed by atoms with Crippen LogP contribution in [0.4, 0.5) is 0 Å². The van der Waals surface area contributed by atoms with Gasteiger partial charge in [-0.15, -0.1) is 13.3 Å². The number of carboxylic acid groups (broad SMARTS) is 6. The Morgan fingerprint density at radius 1 is 0.387 bits per heavy atom. The van der Waals surface area contributed by atoms with Crippen molar-refractivity contribution >= 4 is 140 Å². The Balaban J connectivity index is 0.000000900. The van der Waals surface area contributed by atoms with Crippen LogP contribution in [-0.2, 0) is 90.0 Å². The molecule has 0 radical (unpaired) electrons. The van der Waals surface area contributed by atoms with E-state index in [-0.39, 0.29) is 180 Å². The molecule has 0 aromatic rings. The van der Waals surface area contributed by atoms with Crippen molar-refractivity contribution in [2.24, 2.45) is 104 Å². The van der Waals surface area contributed by atoms with Crippen LogP contribution < -0.4 is 78.2 Å². The predicted octanol–water partition coefficient (Wildman–Crippen LogP) is -17.0. The van der Waals surface area contributed by atoms with Crippen LogP contribution in [0.5, 0.6) is 0 Å². The van der Waals surface area contributed by atoms with E-state index in [1.165, 1.54) is 42.0 Å². The number of hydrogen-bond donors (Lipinski definition) is 32. The summed E-state index contributed by atoms with van der Waals surface area (Å²) in [7, 11) is -28.7. The van der Waals surface area contributed by atoms with E-state index < -0.39 is 296 Å². The van der Waals surface area contributed by atoms with Crippen LogP contribution in [0.1, 0.15) is 90.9 Å². The van der Waals surface area contributed by atoms with Crippen molar-refractivity contribution in [2.45, 2.75) is 211 Å². The number of nitrogens with two attached hydrogens (primary N) is 12. The quantitative estimate of drug-likeness (QED) is 0.0199. The lowest BCUT2D eigenvalue weighted by atomic mass is 9.78. The molecule has 0 spiro atoms. The minimum atomic E-state index is -4.14. The Bertz CT molecular complexity index is 5430. The summed E-state index contributed by atoms with van der Waals surface area (Å²) >= 11 is 0. The summed E-state index contributed by atoms with van der Waals surface area (Å²) in [6.45, 7) is 19.7. The van der Waals surface area contributed by atoms with Gasteiger partial charge in [-0.1, -0.05) is 38.5 Å². The molecular weight excluding hydrogens is 2120 g/mol. The van der Waals surface area contributed by atoms with Gasteiger partial charge in [-0.05, 0) is 90.3 Å². The molecule has 6 rings (SSSR count). The van der Waals surface area contributed by atoms with Gasteiger partial charge in [0.2, 0.25) is 0 Å². The van der Waals surface area contributed by atoms with Crippen molar-refractivity contribution in [3.8, 4) is 18.2 Å². The summed E-state index contributed by atoms with van der Waals surface area (Å²) in [5, 5.41) is 189. The maximum Gasteiger partial charge on any atom is 0.451 e. The number of nitriles is 3. The third kappa shape index (κ3) is 38.7. The molecule has 150 heavy (non-hydrogen) atoms. The molecule has 6 fully saturated rings. The third-order valence-corrected chi connectivity index (χ3v) is 37.1. The average Bonchev–Trinajstić information content (AvgIpc) is 1.62. The number of rotatable bonds is 54. The Hall–Kier alpha value is -7.59. The molecule has 0 amide bonds. The molecule has 6 saturated heterocycles. The van der Waals surface area contributed by atoms with Crippen LogP contribution in [0.25, 0.3) is 14.5 Å². The minimum absolute atomic E-state index is 0.0311. The van der Waals surface area contributed by atoms with Gasteiger partial charge in [-0.25, -0.2) is 19.7 Å². The van der Waals surface area contributed by atoms with E-state index in [2.05, 4.69) is 24.0 Å². The van der Waals surface area contributed by atoms with Crippen LogP contribution in [0.15, 0.2) is 0 Å². The van der Waals surface area contributed by atoms with Gasteiger partial charge in [-0.2, -0.15) is 105 Å². The number of carboxylic acids is 6. The first-order chi connectivity index (χ1) is 68.8. The second kappa shape index (κ2) is 60.6. The number of hydrogen-bond acceptors (Lipinski definition) is 45. The fourth-order valence-electron chi connectivity index (χ4n) is 16.8. The van der Waals surface area contributed by atoms with Crippen LogP contribution in [0, 0.1) is 89.2 Å². The summed E-state index contributed by atoms with van der Waals surface area (Å²) in [5.74, 6) is -12.1. The first-order valence-corrected chi connectivity index (χ1v) is 54.7. The molecule has 0 aromatic heterocycles. The highest BCUT2D eigenvalue weighted by atomic mass is 32.2. The lowest BCUT2D eigenvalue weighted by Crippen LogP contribution is -2.56. The first kappa shape index (κ1) is 140. The minimum Gasteiger partial charge on any atom is -0.480 e. The molecule has 0 saturated carbocycles. The van der Waals surface area contributed by atoms with E-state index in [0.29, 0.717) is 0 Å². The Kier molecular flexibility index (Phi) is 56.8. The molecule has 0 aromatic carbocycles. The molecule has 0 aliphatic carbocycles. The van der Waals surface area contributed by atoms with Gasteiger partial charge in [-0.3, -0.25) is 43.3 Å².